The van der Waals surface area contributed by atoms with Crippen LogP contribution in [0.15, 0.2) is 89.8 Å². The highest BCUT2D eigenvalue weighted by Gasteiger charge is 2.21. The summed E-state index contributed by atoms with van der Waals surface area (Å²) in [6.45, 7) is 0.425. The van der Waals surface area contributed by atoms with Gasteiger partial charge in [0.25, 0.3) is 10.0 Å². The highest BCUT2D eigenvalue weighted by atomic mass is 35.5. The van der Waals surface area contributed by atoms with Crippen molar-refractivity contribution >= 4 is 43.9 Å². The second-order valence-electron chi connectivity index (χ2n) is 6.82. The van der Waals surface area contributed by atoms with Crippen LogP contribution in [-0.4, -0.2) is 20.4 Å². The fraction of sp³-hybridized carbons (Fsp3) is 0.0870. The van der Waals surface area contributed by atoms with Gasteiger partial charge >= 0.3 is 0 Å². The lowest BCUT2D eigenvalue weighted by atomic mass is 10.1. The predicted molar refractivity (Wildman–Crippen MR) is 123 cm³/mol. The number of anilines is 2. The van der Waals surface area contributed by atoms with E-state index in [-0.39, 0.29) is 4.90 Å². The van der Waals surface area contributed by atoms with Crippen LogP contribution in [0, 0.1) is 0 Å². The van der Waals surface area contributed by atoms with Crippen molar-refractivity contribution in [3.05, 3.63) is 95.6 Å². The van der Waals surface area contributed by atoms with Crippen LogP contribution in [-0.2, 0) is 16.6 Å². The van der Waals surface area contributed by atoms with E-state index in [9.17, 15) is 8.42 Å². The number of pyridine rings is 1. The number of nitrogens with zero attached hydrogens (tertiary/aromatic N) is 2. The van der Waals surface area contributed by atoms with Crippen LogP contribution >= 0.6 is 11.6 Å². The van der Waals surface area contributed by atoms with Gasteiger partial charge in [0.05, 0.1) is 16.1 Å². The molecule has 0 bridgehead atoms. The van der Waals surface area contributed by atoms with Gasteiger partial charge in [0.15, 0.2) is 0 Å². The van der Waals surface area contributed by atoms with Crippen molar-refractivity contribution in [3.63, 3.8) is 0 Å². The Morgan fingerprint density at radius 3 is 2.47 bits per heavy atom. The molecule has 1 heterocycles. The van der Waals surface area contributed by atoms with Crippen molar-refractivity contribution in [2.24, 2.45) is 0 Å². The number of benzene rings is 3. The van der Waals surface area contributed by atoms with Crippen LogP contribution < -0.4 is 9.62 Å². The monoisotopic (exact) mass is 437 g/mol. The number of halogens is 1. The molecule has 152 valence electrons. The molecule has 4 rings (SSSR count). The first-order valence-corrected chi connectivity index (χ1v) is 11.2. The fourth-order valence-electron chi connectivity index (χ4n) is 3.16. The Morgan fingerprint density at radius 2 is 1.67 bits per heavy atom. The average molecular weight is 438 g/mol. The molecule has 0 atom stereocenters. The Balaban J connectivity index is 1.56. The minimum Gasteiger partial charge on any atom is -0.381 e. The summed E-state index contributed by atoms with van der Waals surface area (Å²) in [7, 11) is -2.13. The van der Waals surface area contributed by atoms with Gasteiger partial charge in [-0.25, -0.2) is 13.4 Å². The number of sulfonamides is 1. The number of aromatic nitrogens is 1. The second kappa shape index (κ2) is 8.34. The zero-order valence-corrected chi connectivity index (χ0v) is 17.9. The molecule has 0 saturated heterocycles. The highest BCUT2D eigenvalue weighted by Crippen LogP contribution is 2.25. The van der Waals surface area contributed by atoms with E-state index >= 15 is 0 Å². The number of nitrogens with one attached hydrogen (secondary N) is 1. The van der Waals surface area contributed by atoms with Crippen LogP contribution in [0.2, 0.25) is 5.15 Å². The molecule has 0 aliphatic heterocycles. The summed E-state index contributed by atoms with van der Waals surface area (Å²) in [4.78, 5) is 4.63. The smallest absolute Gasteiger partial charge is 0.264 e. The molecule has 1 N–H and O–H groups in total. The SMILES string of the molecule is CN(c1ccccc1)S(=O)(=O)c1cccc(NCc2cc3ccccc3nc2Cl)c1. The molecular weight excluding hydrogens is 418 g/mol. The molecule has 0 radical (unpaired) electrons. The molecule has 0 amide bonds. The van der Waals surface area contributed by atoms with Crippen LogP contribution in [0.25, 0.3) is 10.9 Å². The molecule has 0 spiro atoms. The summed E-state index contributed by atoms with van der Waals surface area (Å²) in [5, 5.41) is 4.67. The maximum absolute atomic E-state index is 13.0. The van der Waals surface area contributed by atoms with Gasteiger partial charge < -0.3 is 5.32 Å². The van der Waals surface area contributed by atoms with E-state index in [0.29, 0.717) is 23.1 Å². The zero-order valence-electron chi connectivity index (χ0n) is 16.3. The van der Waals surface area contributed by atoms with Gasteiger partial charge in [-0.2, -0.15) is 0 Å². The number of fused-ring (bicyclic) bond motifs is 1. The van der Waals surface area contributed by atoms with E-state index in [0.717, 1.165) is 16.5 Å². The summed E-state index contributed by atoms with van der Waals surface area (Å²) in [6, 6.07) is 25.5. The Hall–Kier alpha value is -3.09. The average Bonchev–Trinajstić information content (AvgIpc) is 2.78. The van der Waals surface area contributed by atoms with Gasteiger partial charge in [-0.05, 0) is 42.5 Å². The third kappa shape index (κ3) is 4.10. The van der Waals surface area contributed by atoms with E-state index in [2.05, 4.69) is 10.3 Å². The van der Waals surface area contributed by atoms with Crippen molar-refractivity contribution in [3.8, 4) is 0 Å². The maximum Gasteiger partial charge on any atom is 0.264 e. The second-order valence-corrected chi connectivity index (χ2v) is 9.15. The van der Waals surface area contributed by atoms with Gasteiger partial charge in [-0.15, -0.1) is 0 Å². The molecule has 0 fully saturated rings. The number of para-hydroxylation sites is 2. The molecule has 0 saturated carbocycles. The van der Waals surface area contributed by atoms with Gasteiger partial charge in [-0.1, -0.05) is 54.1 Å². The molecule has 7 heteroatoms. The third-order valence-corrected chi connectivity index (χ3v) is 6.95. The Bertz CT molecular complexity index is 1290. The predicted octanol–water partition coefficient (Wildman–Crippen LogP) is 5.33. The topological polar surface area (TPSA) is 62.3 Å². The first-order valence-electron chi connectivity index (χ1n) is 9.37. The van der Waals surface area contributed by atoms with Gasteiger partial charge in [0.2, 0.25) is 0 Å². The maximum atomic E-state index is 13.0. The summed E-state index contributed by atoms with van der Waals surface area (Å²) in [6.07, 6.45) is 0. The lowest BCUT2D eigenvalue weighted by Gasteiger charge is -2.20. The largest absolute Gasteiger partial charge is 0.381 e. The summed E-state index contributed by atoms with van der Waals surface area (Å²) in [5.41, 5.74) is 2.96. The van der Waals surface area contributed by atoms with Gasteiger partial charge in [0.1, 0.15) is 5.15 Å². The number of hydrogen-bond acceptors (Lipinski definition) is 4. The lowest BCUT2D eigenvalue weighted by Crippen LogP contribution is -2.26. The van der Waals surface area contributed by atoms with Crippen LogP contribution in [0.4, 0.5) is 11.4 Å². The van der Waals surface area contributed by atoms with Crippen molar-refractivity contribution in [2.45, 2.75) is 11.4 Å². The third-order valence-electron chi connectivity index (χ3n) is 4.85. The Kier molecular flexibility index (Phi) is 5.61. The minimum absolute atomic E-state index is 0.210. The Morgan fingerprint density at radius 1 is 0.933 bits per heavy atom. The zero-order chi connectivity index (χ0) is 21.1. The fourth-order valence-corrected chi connectivity index (χ4v) is 4.61. The van der Waals surface area contributed by atoms with E-state index in [1.807, 2.05) is 42.5 Å². The van der Waals surface area contributed by atoms with Gasteiger partial charge in [-0.3, -0.25) is 4.31 Å². The molecule has 1 aromatic heterocycles. The summed E-state index contributed by atoms with van der Waals surface area (Å²) < 4.78 is 27.3. The normalized spacial score (nSPS) is 11.4. The van der Waals surface area contributed by atoms with Crippen molar-refractivity contribution in [1.82, 2.24) is 4.98 Å². The Labute approximate surface area is 181 Å². The molecule has 3 aromatic carbocycles. The van der Waals surface area contributed by atoms with Crippen LogP contribution in [0.1, 0.15) is 5.56 Å². The standard InChI is InChI=1S/C23H20ClN3O2S/c1-27(20-10-3-2-4-11-20)30(28,29)21-12-7-9-19(15-21)25-16-18-14-17-8-5-6-13-22(17)26-23(18)24/h2-15,25H,16H2,1H3. The molecule has 5 nitrogen and oxygen atoms in total. The lowest BCUT2D eigenvalue weighted by molar-refractivity contribution is 0.594. The minimum atomic E-state index is -3.68. The van der Waals surface area contributed by atoms with E-state index in [1.54, 1.807) is 49.5 Å². The van der Waals surface area contributed by atoms with Gasteiger partial charge in [0, 0.05) is 30.2 Å². The van der Waals surface area contributed by atoms with E-state index in [1.165, 1.54) is 4.31 Å². The van der Waals surface area contributed by atoms with Crippen LogP contribution in [0.3, 0.4) is 0 Å². The molecule has 0 aliphatic rings. The van der Waals surface area contributed by atoms with Crippen molar-refractivity contribution in [2.75, 3.05) is 16.7 Å². The first-order chi connectivity index (χ1) is 14.4. The van der Waals surface area contributed by atoms with E-state index in [4.69, 9.17) is 11.6 Å². The highest BCUT2D eigenvalue weighted by molar-refractivity contribution is 7.92. The summed E-state index contributed by atoms with van der Waals surface area (Å²) in [5.74, 6) is 0. The molecule has 0 unspecified atom stereocenters. The van der Waals surface area contributed by atoms with E-state index < -0.39 is 10.0 Å². The molecule has 0 aliphatic carbocycles. The molecule has 30 heavy (non-hydrogen) atoms. The number of hydrogen-bond donors (Lipinski definition) is 1. The van der Waals surface area contributed by atoms with Crippen molar-refractivity contribution < 1.29 is 8.42 Å². The summed E-state index contributed by atoms with van der Waals surface area (Å²) >= 11 is 6.33. The number of rotatable bonds is 6. The quantitative estimate of drug-likeness (QED) is 0.414. The molecular formula is C23H20ClN3O2S. The van der Waals surface area contributed by atoms with Crippen LogP contribution in [0.5, 0.6) is 0 Å². The molecule has 4 aromatic rings. The first kappa shape index (κ1) is 20.2. The van der Waals surface area contributed by atoms with Crippen molar-refractivity contribution in [1.29, 1.82) is 0 Å².